The topological polar surface area (TPSA) is 53.5 Å². The quantitative estimate of drug-likeness (QED) is 0.603. The smallest absolute Gasteiger partial charge is 0.285 e. The Kier molecular flexibility index (Phi) is 6.63. The first-order valence-corrected chi connectivity index (χ1v) is 10.8. The number of hydrogen-bond acceptors (Lipinski definition) is 4. The largest absolute Gasteiger partial charge is 0.494 e. The number of benzene rings is 2. The molecule has 0 amide bonds. The van der Waals surface area contributed by atoms with Gasteiger partial charge in [0.05, 0.1) is 18.8 Å². The highest BCUT2D eigenvalue weighted by molar-refractivity contribution is 6.31. The fourth-order valence-corrected chi connectivity index (χ4v) is 4.03. The van der Waals surface area contributed by atoms with Crippen molar-refractivity contribution in [1.82, 2.24) is 14.7 Å². The minimum absolute atomic E-state index is 0.217. The Bertz CT molecular complexity index is 1070. The molecule has 1 aliphatic heterocycles. The lowest BCUT2D eigenvalue weighted by Crippen LogP contribution is -2.46. The van der Waals surface area contributed by atoms with Gasteiger partial charge in [-0.1, -0.05) is 29.8 Å². The van der Waals surface area contributed by atoms with Crippen molar-refractivity contribution in [2.75, 3.05) is 37.7 Å². The van der Waals surface area contributed by atoms with Gasteiger partial charge in [-0.15, -0.1) is 0 Å². The SMILES string of the molecule is CCOc1cccc(N2CCN(Cc3[nH]n(Cc4ccc(F)cc4)c(=O)c3Cl)CC2)c1. The van der Waals surface area contributed by atoms with E-state index in [4.69, 9.17) is 16.3 Å². The zero-order valence-electron chi connectivity index (χ0n) is 17.5. The summed E-state index contributed by atoms with van der Waals surface area (Å²) in [5, 5.41) is 3.35. The van der Waals surface area contributed by atoms with Gasteiger partial charge in [0.2, 0.25) is 0 Å². The number of nitrogens with one attached hydrogen (secondary N) is 1. The molecule has 0 aliphatic carbocycles. The summed E-state index contributed by atoms with van der Waals surface area (Å²) < 4.78 is 20.2. The molecule has 6 nitrogen and oxygen atoms in total. The number of anilines is 1. The van der Waals surface area contributed by atoms with Crippen molar-refractivity contribution in [2.24, 2.45) is 0 Å². The predicted molar refractivity (Wildman–Crippen MR) is 121 cm³/mol. The summed E-state index contributed by atoms with van der Waals surface area (Å²) in [5.74, 6) is 0.583. The molecule has 3 aromatic rings. The third kappa shape index (κ3) is 5.11. The van der Waals surface area contributed by atoms with Crippen LogP contribution >= 0.6 is 11.6 Å². The van der Waals surface area contributed by atoms with E-state index in [9.17, 15) is 9.18 Å². The molecule has 1 N–H and O–H groups in total. The van der Waals surface area contributed by atoms with Gasteiger partial charge in [0.25, 0.3) is 5.56 Å². The van der Waals surface area contributed by atoms with Gasteiger partial charge in [0.1, 0.15) is 16.6 Å². The first-order valence-electron chi connectivity index (χ1n) is 10.5. The van der Waals surface area contributed by atoms with Crippen LogP contribution in [0.25, 0.3) is 0 Å². The van der Waals surface area contributed by atoms with Crippen molar-refractivity contribution in [2.45, 2.75) is 20.0 Å². The van der Waals surface area contributed by atoms with Gasteiger partial charge in [0.15, 0.2) is 0 Å². The lowest BCUT2D eigenvalue weighted by Gasteiger charge is -2.36. The summed E-state index contributed by atoms with van der Waals surface area (Å²) in [6.07, 6.45) is 0. The van der Waals surface area contributed by atoms with Crippen molar-refractivity contribution in [3.8, 4) is 5.75 Å². The fourth-order valence-electron chi connectivity index (χ4n) is 3.82. The number of piperazine rings is 1. The minimum atomic E-state index is -0.301. The fraction of sp³-hybridized carbons (Fsp3) is 0.348. The Morgan fingerprint density at radius 1 is 1.06 bits per heavy atom. The average molecular weight is 445 g/mol. The standard InChI is InChI=1S/C23H26ClFN4O2/c1-2-31-20-5-3-4-19(14-20)28-12-10-27(11-13-28)16-21-22(24)23(30)29(26-21)15-17-6-8-18(25)9-7-17/h3-9,14,26H,2,10-13,15-16H2,1H3. The van der Waals surface area contributed by atoms with Crippen LogP contribution in [0.15, 0.2) is 53.3 Å². The average Bonchev–Trinajstić information content (AvgIpc) is 3.04. The van der Waals surface area contributed by atoms with E-state index in [-0.39, 0.29) is 16.4 Å². The van der Waals surface area contributed by atoms with E-state index in [0.29, 0.717) is 25.4 Å². The van der Waals surface area contributed by atoms with Crippen molar-refractivity contribution in [3.63, 3.8) is 0 Å². The molecule has 0 bridgehead atoms. The lowest BCUT2D eigenvalue weighted by atomic mass is 10.2. The van der Waals surface area contributed by atoms with Crippen LogP contribution in [0.3, 0.4) is 0 Å². The van der Waals surface area contributed by atoms with Crippen molar-refractivity contribution in [1.29, 1.82) is 0 Å². The molecule has 0 unspecified atom stereocenters. The van der Waals surface area contributed by atoms with Crippen LogP contribution in [0.2, 0.25) is 5.02 Å². The molecule has 0 spiro atoms. The Morgan fingerprint density at radius 3 is 2.52 bits per heavy atom. The van der Waals surface area contributed by atoms with Crippen LogP contribution in [0.1, 0.15) is 18.2 Å². The molecule has 0 radical (unpaired) electrons. The van der Waals surface area contributed by atoms with Gasteiger partial charge in [-0.2, -0.15) is 0 Å². The Morgan fingerprint density at radius 2 is 1.81 bits per heavy atom. The maximum Gasteiger partial charge on any atom is 0.285 e. The van der Waals surface area contributed by atoms with E-state index in [1.54, 1.807) is 12.1 Å². The van der Waals surface area contributed by atoms with E-state index in [1.807, 2.05) is 19.1 Å². The molecule has 1 fully saturated rings. The van der Waals surface area contributed by atoms with Crippen LogP contribution in [-0.2, 0) is 13.1 Å². The molecular formula is C23H26ClFN4O2. The van der Waals surface area contributed by atoms with Gasteiger partial charge in [0, 0.05) is 44.5 Å². The summed E-state index contributed by atoms with van der Waals surface area (Å²) in [5.41, 5.74) is 2.44. The second-order valence-electron chi connectivity index (χ2n) is 7.62. The number of nitrogens with zero attached hydrogens (tertiary/aromatic N) is 3. The molecule has 4 rings (SSSR count). The first-order chi connectivity index (χ1) is 15.0. The minimum Gasteiger partial charge on any atom is -0.494 e. The molecule has 2 heterocycles. The van der Waals surface area contributed by atoms with Crippen LogP contribution < -0.4 is 15.2 Å². The zero-order chi connectivity index (χ0) is 21.8. The van der Waals surface area contributed by atoms with Crippen molar-refractivity contribution >= 4 is 17.3 Å². The highest BCUT2D eigenvalue weighted by Gasteiger charge is 2.21. The molecule has 0 atom stereocenters. The van der Waals surface area contributed by atoms with Gasteiger partial charge >= 0.3 is 0 Å². The maximum atomic E-state index is 13.1. The molecule has 0 saturated carbocycles. The van der Waals surface area contributed by atoms with E-state index in [0.717, 1.165) is 43.2 Å². The molecular weight excluding hydrogens is 419 g/mol. The number of ether oxygens (including phenoxy) is 1. The van der Waals surface area contributed by atoms with E-state index in [1.165, 1.54) is 16.8 Å². The molecule has 1 aromatic heterocycles. The Balaban J connectivity index is 1.38. The van der Waals surface area contributed by atoms with Gasteiger partial charge in [-0.05, 0) is 36.8 Å². The highest BCUT2D eigenvalue weighted by Crippen LogP contribution is 2.23. The molecule has 1 saturated heterocycles. The molecule has 2 aromatic carbocycles. The van der Waals surface area contributed by atoms with Crippen LogP contribution in [0, 0.1) is 5.82 Å². The van der Waals surface area contributed by atoms with E-state index in [2.05, 4.69) is 27.0 Å². The summed E-state index contributed by atoms with van der Waals surface area (Å²) in [4.78, 5) is 17.1. The monoisotopic (exact) mass is 444 g/mol. The summed E-state index contributed by atoms with van der Waals surface area (Å²) >= 11 is 6.32. The second-order valence-corrected chi connectivity index (χ2v) is 7.99. The predicted octanol–water partition coefficient (Wildman–Crippen LogP) is 3.74. The molecule has 8 heteroatoms. The number of rotatable bonds is 7. The van der Waals surface area contributed by atoms with E-state index < -0.39 is 0 Å². The van der Waals surface area contributed by atoms with Crippen LogP contribution in [0.5, 0.6) is 5.75 Å². The number of hydrogen-bond donors (Lipinski definition) is 1. The number of H-pyrrole nitrogens is 1. The third-order valence-corrected chi connectivity index (χ3v) is 5.86. The van der Waals surface area contributed by atoms with Crippen LogP contribution in [-0.4, -0.2) is 47.5 Å². The molecule has 164 valence electrons. The normalized spacial score (nSPS) is 14.7. The number of aromatic amines is 1. The number of aromatic nitrogens is 2. The molecule has 1 aliphatic rings. The van der Waals surface area contributed by atoms with Crippen molar-refractivity contribution in [3.05, 3.63) is 81.0 Å². The zero-order valence-corrected chi connectivity index (χ0v) is 18.2. The Labute approximate surface area is 185 Å². The molecule has 31 heavy (non-hydrogen) atoms. The van der Waals surface area contributed by atoms with Gasteiger partial charge in [-0.3, -0.25) is 14.8 Å². The summed E-state index contributed by atoms with van der Waals surface area (Å²) in [6.45, 7) is 7.02. The Hall–Kier alpha value is -2.77. The summed E-state index contributed by atoms with van der Waals surface area (Å²) in [6, 6.07) is 14.3. The lowest BCUT2D eigenvalue weighted by molar-refractivity contribution is 0.246. The van der Waals surface area contributed by atoms with E-state index >= 15 is 0 Å². The maximum absolute atomic E-state index is 13.1. The number of halogens is 2. The first kappa shape index (κ1) is 21.5. The third-order valence-electron chi connectivity index (χ3n) is 5.47. The summed E-state index contributed by atoms with van der Waals surface area (Å²) in [7, 11) is 0. The van der Waals surface area contributed by atoms with Crippen molar-refractivity contribution < 1.29 is 9.13 Å². The van der Waals surface area contributed by atoms with Gasteiger partial charge < -0.3 is 9.64 Å². The highest BCUT2D eigenvalue weighted by atomic mass is 35.5. The van der Waals surface area contributed by atoms with Crippen LogP contribution in [0.4, 0.5) is 10.1 Å². The second kappa shape index (κ2) is 9.58. The van der Waals surface area contributed by atoms with Gasteiger partial charge in [-0.25, -0.2) is 9.07 Å².